The number of rotatable bonds is 6. The number of methoxy groups -OCH3 is 1. The lowest BCUT2D eigenvalue weighted by Crippen LogP contribution is -2.38. The van der Waals surface area contributed by atoms with Crippen molar-refractivity contribution in [2.45, 2.75) is 33.0 Å². The zero-order chi connectivity index (χ0) is 20.2. The first-order valence-electron chi connectivity index (χ1n) is 10.1. The van der Waals surface area contributed by atoms with Gasteiger partial charge in [0.2, 0.25) is 0 Å². The minimum atomic E-state index is -0.0246. The van der Waals surface area contributed by atoms with Crippen molar-refractivity contribution in [1.29, 1.82) is 0 Å². The van der Waals surface area contributed by atoms with E-state index < -0.39 is 0 Å². The van der Waals surface area contributed by atoms with Crippen molar-refractivity contribution in [1.82, 2.24) is 19.7 Å². The van der Waals surface area contributed by atoms with Crippen molar-refractivity contribution in [3.63, 3.8) is 0 Å². The number of aromatic nitrogens is 3. The van der Waals surface area contributed by atoms with E-state index in [1.54, 1.807) is 7.11 Å². The van der Waals surface area contributed by atoms with Crippen LogP contribution in [0.2, 0.25) is 0 Å². The van der Waals surface area contributed by atoms with E-state index in [1.165, 1.54) is 5.56 Å². The maximum atomic E-state index is 6.07. The zero-order valence-corrected chi connectivity index (χ0v) is 17.3. The van der Waals surface area contributed by atoms with Gasteiger partial charge < -0.3 is 9.47 Å². The molecule has 1 atom stereocenters. The highest BCUT2D eigenvalue weighted by Gasteiger charge is 2.24. The zero-order valence-electron chi connectivity index (χ0n) is 17.3. The summed E-state index contributed by atoms with van der Waals surface area (Å²) >= 11 is 0. The Labute approximate surface area is 172 Å². The number of ether oxygens (including phenoxy) is 2. The van der Waals surface area contributed by atoms with E-state index in [0.717, 1.165) is 54.6 Å². The molecule has 1 saturated heterocycles. The molecular formula is C23H28N4O2. The predicted molar refractivity (Wildman–Crippen MR) is 113 cm³/mol. The van der Waals surface area contributed by atoms with Crippen LogP contribution >= 0.6 is 0 Å². The molecular weight excluding hydrogens is 364 g/mol. The van der Waals surface area contributed by atoms with Crippen LogP contribution in [0.5, 0.6) is 5.75 Å². The molecule has 6 heteroatoms. The van der Waals surface area contributed by atoms with Gasteiger partial charge in [-0.15, -0.1) is 0 Å². The SMILES string of the molecule is CCn1cc(CN2CCO[C@H](c3cccc(-c4ccc(OC)cc4)n3)C2)c(C)n1. The summed E-state index contributed by atoms with van der Waals surface area (Å²) in [4.78, 5) is 7.32. The number of hydrogen-bond acceptors (Lipinski definition) is 5. The van der Waals surface area contributed by atoms with E-state index in [9.17, 15) is 0 Å². The molecule has 0 saturated carbocycles. The van der Waals surface area contributed by atoms with E-state index in [0.29, 0.717) is 6.61 Å². The highest BCUT2D eigenvalue weighted by molar-refractivity contribution is 5.60. The lowest BCUT2D eigenvalue weighted by Gasteiger charge is -2.32. The molecule has 0 aliphatic carbocycles. The van der Waals surface area contributed by atoms with Gasteiger partial charge in [0.15, 0.2) is 0 Å². The molecule has 0 spiro atoms. The molecule has 1 aliphatic heterocycles. The molecule has 0 unspecified atom stereocenters. The van der Waals surface area contributed by atoms with E-state index in [2.05, 4.69) is 42.2 Å². The fourth-order valence-corrected chi connectivity index (χ4v) is 3.70. The third-order valence-corrected chi connectivity index (χ3v) is 5.40. The Bertz CT molecular complexity index is 952. The van der Waals surface area contributed by atoms with Crippen molar-refractivity contribution in [3.8, 4) is 17.0 Å². The Balaban J connectivity index is 1.48. The van der Waals surface area contributed by atoms with Crippen LogP contribution in [0.4, 0.5) is 0 Å². The molecule has 1 fully saturated rings. The minimum Gasteiger partial charge on any atom is -0.497 e. The maximum Gasteiger partial charge on any atom is 0.118 e. The van der Waals surface area contributed by atoms with E-state index in [4.69, 9.17) is 14.5 Å². The normalized spacial score (nSPS) is 17.4. The van der Waals surface area contributed by atoms with Gasteiger partial charge in [-0.3, -0.25) is 14.6 Å². The molecule has 0 N–H and O–H groups in total. The fourth-order valence-electron chi connectivity index (χ4n) is 3.70. The van der Waals surface area contributed by atoms with Crippen molar-refractivity contribution in [3.05, 3.63) is 65.6 Å². The summed E-state index contributed by atoms with van der Waals surface area (Å²) < 4.78 is 13.3. The van der Waals surface area contributed by atoms with Gasteiger partial charge in [-0.05, 0) is 50.2 Å². The van der Waals surface area contributed by atoms with Crippen LogP contribution in [0, 0.1) is 6.92 Å². The summed E-state index contributed by atoms with van der Waals surface area (Å²) in [7, 11) is 1.68. The van der Waals surface area contributed by atoms with E-state index in [1.807, 2.05) is 35.0 Å². The number of benzene rings is 1. The summed E-state index contributed by atoms with van der Waals surface area (Å²) in [5, 5.41) is 4.57. The molecule has 0 bridgehead atoms. The molecule has 0 radical (unpaired) electrons. The number of pyridine rings is 1. The fraction of sp³-hybridized carbons (Fsp3) is 0.391. The molecule has 3 aromatic rings. The lowest BCUT2D eigenvalue weighted by atomic mass is 10.1. The largest absolute Gasteiger partial charge is 0.497 e. The Kier molecular flexibility index (Phi) is 5.92. The topological polar surface area (TPSA) is 52.4 Å². The van der Waals surface area contributed by atoms with Crippen LogP contribution in [0.25, 0.3) is 11.3 Å². The standard InChI is InChI=1S/C23H28N4O2/c1-4-27-15-19(17(2)25-27)14-26-12-13-29-23(16-26)22-7-5-6-21(24-22)18-8-10-20(28-3)11-9-18/h5-11,15,23H,4,12-14,16H2,1-3H3/t23-/m0/s1. The summed E-state index contributed by atoms with van der Waals surface area (Å²) in [6.07, 6.45) is 2.13. The van der Waals surface area contributed by atoms with Crippen LogP contribution in [0.3, 0.4) is 0 Å². The van der Waals surface area contributed by atoms with Crippen LogP contribution in [-0.4, -0.2) is 46.5 Å². The van der Waals surface area contributed by atoms with E-state index >= 15 is 0 Å². The van der Waals surface area contributed by atoms with Crippen molar-refractivity contribution >= 4 is 0 Å². The molecule has 6 nitrogen and oxygen atoms in total. The van der Waals surface area contributed by atoms with Crippen LogP contribution < -0.4 is 4.74 Å². The van der Waals surface area contributed by atoms with Gasteiger partial charge >= 0.3 is 0 Å². The second-order valence-corrected chi connectivity index (χ2v) is 7.37. The number of nitrogens with zero attached hydrogens (tertiary/aromatic N) is 4. The van der Waals surface area contributed by atoms with E-state index in [-0.39, 0.29) is 6.10 Å². The molecule has 152 valence electrons. The first-order valence-corrected chi connectivity index (χ1v) is 10.1. The van der Waals surface area contributed by atoms with Gasteiger partial charge in [0.05, 0.1) is 30.8 Å². The third-order valence-electron chi connectivity index (χ3n) is 5.40. The second-order valence-electron chi connectivity index (χ2n) is 7.37. The quantitative estimate of drug-likeness (QED) is 0.638. The van der Waals surface area contributed by atoms with Crippen LogP contribution in [-0.2, 0) is 17.8 Å². The van der Waals surface area contributed by atoms with Gasteiger partial charge in [0, 0.05) is 43.5 Å². The van der Waals surface area contributed by atoms with Gasteiger partial charge in [0.25, 0.3) is 0 Å². The predicted octanol–water partition coefficient (Wildman–Crippen LogP) is 3.86. The average molecular weight is 393 g/mol. The maximum absolute atomic E-state index is 6.07. The van der Waals surface area contributed by atoms with Crippen molar-refractivity contribution in [2.75, 3.05) is 26.8 Å². The number of morpholine rings is 1. The summed E-state index contributed by atoms with van der Waals surface area (Å²) in [6.45, 7) is 8.45. The molecule has 0 amide bonds. The minimum absolute atomic E-state index is 0.0246. The smallest absolute Gasteiger partial charge is 0.118 e. The lowest BCUT2D eigenvalue weighted by molar-refractivity contribution is -0.0350. The van der Waals surface area contributed by atoms with Gasteiger partial charge in [-0.1, -0.05) is 6.07 Å². The highest BCUT2D eigenvalue weighted by atomic mass is 16.5. The summed E-state index contributed by atoms with van der Waals surface area (Å²) in [5.74, 6) is 0.845. The Morgan fingerprint density at radius 2 is 2.00 bits per heavy atom. The highest BCUT2D eigenvalue weighted by Crippen LogP contribution is 2.26. The van der Waals surface area contributed by atoms with Crippen molar-refractivity contribution < 1.29 is 9.47 Å². The van der Waals surface area contributed by atoms with Crippen LogP contribution in [0.1, 0.15) is 30.0 Å². The van der Waals surface area contributed by atoms with Gasteiger partial charge in [0.1, 0.15) is 11.9 Å². The summed E-state index contributed by atoms with van der Waals surface area (Å²) in [6, 6.07) is 14.1. The number of aryl methyl sites for hydroxylation is 2. The van der Waals surface area contributed by atoms with Crippen molar-refractivity contribution in [2.24, 2.45) is 0 Å². The molecule has 29 heavy (non-hydrogen) atoms. The Morgan fingerprint density at radius 1 is 1.17 bits per heavy atom. The first kappa shape index (κ1) is 19.6. The second kappa shape index (κ2) is 8.76. The first-order chi connectivity index (χ1) is 14.2. The molecule has 4 rings (SSSR count). The Hall–Kier alpha value is -2.70. The molecule has 1 aliphatic rings. The monoisotopic (exact) mass is 392 g/mol. The average Bonchev–Trinajstić information content (AvgIpc) is 3.13. The molecule has 1 aromatic carbocycles. The molecule has 3 heterocycles. The molecule has 2 aromatic heterocycles. The Morgan fingerprint density at radius 3 is 2.72 bits per heavy atom. The third kappa shape index (κ3) is 4.49. The van der Waals surface area contributed by atoms with Gasteiger partial charge in [-0.2, -0.15) is 5.10 Å². The van der Waals surface area contributed by atoms with Gasteiger partial charge in [-0.25, -0.2) is 0 Å². The summed E-state index contributed by atoms with van der Waals surface area (Å²) in [5.41, 5.74) is 5.39. The number of hydrogen-bond donors (Lipinski definition) is 0. The van der Waals surface area contributed by atoms with Crippen LogP contribution in [0.15, 0.2) is 48.7 Å².